The van der Waals surface area contributed by atoms with Crippen molar-refractivity contribution in [2.45, 2.75) is 72.5 Å². The number of aromatic nitrogens is 1. The molecule has 0 fully saturated rings. The normalized spacial score (nSPS) is 13.2. The Kier molecular flexibility index (Phi) is 7.33. The van der Waals surface area contributed by atoms with Crippen molar-refractivity contribution in [1.29, 1.82) is 0 Å². The maximum absolute atomic E-state index is 12.6. The number of hydrogen-bond donors (Lipinski definition) is 1. The van der Waals surface area contributed by atoms with Crippen molar-refractivity contribution < 1.29 is 28.9 Å². The van der Waals surface area contributed by atoms with Crippen LogP contribution in [0.25, 0.3) is 0 Å². The minimum absolute atomic E-state index is 0.144. The number of nitrogens with zero attached hydrogens (tertiary/aromatic N) is 1. The third kappa shape index (κ3) is 7.92. The molecule has 1 aromatic heterocycles. The van der Waals surface area contributed by atoms with Gasteiger partial charge in [-0.15, -0.1) is 0 Å². The molecular weight excluding hydrogens is 354 g/mol. The maximum atomic E-state index is 12.6. The first-order chi connectivity index (χ1) is 12.2. The van der Waals surface area contributed by atoms with E-state index in [0.29, 0.717) is 5.69 Å². The summed E-state index contributed by atoms with van der Waals surface area (Å²) in [4.78, 5) is 36.4. The second kappa shape index (κ2) is 8.67. The summed E-state index contributed by atoms with van der Waals surface area (Å²) in [5.41, 5.74) is -1.64. The highest BCUT2D eigenvalue weighted by atomic mass is 16.6. The summed E-state index contributed by atoms with van der Waals surface area (Å²) >= 11 is 0. The molecule has 0 saturated carbocycles. The van der Waals surface area contributed by atoms with Crippen molar-refractivity contribution in [1.82, 2.24) is 4.57 Å². The summed E-state index contributed by atoms with van der Waals surface area (Å²) in [6.07, 6.45) is -1.23. The summed E-state index contributed by atoms with van der Waals surface area (Å²) < 4.78 is 16.5. The Morgan fingerprint density at radius 2 is 1.70 bits per heavy atom. The molecule has 152 valence electrons. The SMILES string of the molecule is Cc1ccc(C(=O)OCC(=O)OC(C)(C)C)c(=O)n1CC(O)OC(C)(C)C. The quantitative estimate of drug-likeness (QED) is 0.590. The number of carbonyl (C=O) groups is 2. The van der Waals surface area contributed by atoms with Crippen LogP contribution in [0, 0.1) is 6.92 Å². The van der Waals surface area contributed by atoms with Crippen molar-refractivity contribution in [3.63, 3.8) is 0 Å². The molecule has 0 aliphatic carbocycles. The lowest BCUT2D eigenvalue weighted by Crippen LogP contribution is -2.36. The second-order valence-corrected chi connectivity index (χ2v) is 8.15. The summed E-state index contributed by atoms with van der Waals surface area (Å²) in [5.74, 6) is -1.65. The Balaban J connectivity index is 2.89. The van der Waals surface area contributed by atoms with Gasteiger partial charge in [-0.2, -0.15) is 0 Å². The zero-order valence-corrected chi connectivity index (χ0v) is 17.0. The van der Waals surface area contributed by atoms with Crippen LogP contribution in [0.3, 0.4) is 0 Å². The number of ether oxygens (including phenoxy) is 3. The van der Waals surface area contributed by atoms with Gasteiger partial charge in [0.15, 0.2) is 12.9 Å². The zero-order valence-electron chi connectivity index (χ0n) is 17.0. The van der Waals surface area contributed by atoms with Gasteiger partial charge in [-0.05, 0) is 60.6 Å². The number of aryl methyl sites for hydroxylation is 1. The monoisotopic (exact) mass is 383 g/mol. The number of hydrogen-bond acceptors (Lipinski definition) is 7. The number of esters is 2. The molecule has 0 bridgehead atoms. The molecule has 1 N–H and O–H groups in total. The van der Waals surface area contributed by atoms with Crippen LogP contribution in [0.15, 0.2) is 16.9 Å². The lowest BCUT2D eigenvalue weighted by molar-refractivity contribution is -0.172. The van der Waals surface area contributed by atoms with Crippen LogP contribution in [-0.4, -0.2) is 45.7 Å². The highest BCUT2D eigenvalue weighted by molar-refractivity contribution is 5.90. The summed E-state index contributed by atoms with van der Waals surface area (Å²) in [6.45, 7) is 11.3. The summed E-state index contributed by atoms with van der Waals surface area (Å²) in [6, 6.07) is 2.87. The fraction of sp³-hybridized carbons (Fsp3) is 0.632. The van der Waals surface area contributed by atoms with Gasteiger partial charge >= 0.3 is 11.9 Å². The Morgan fingerprint density at radius 3 is 2.22 bits per heavy atom. The van der Waals surface area contributed by atoms with Crippen molar-refractivity contribution >= 4 is 11.9 Å². The number of aliphatic hydroxyl groups is 1. The Labute approximate surface area is 159 Å². The van der Waals surface area contributed by atoms with E-state index in [1.165, 1.54) is 10.6 Å². The van der Waals surface area contributed by atoms with E-state index >= 15 is 0 Å². The average molecular weight is 383 g/mol. The third-order valence-corrected chi connectivity index (χ3v) is 3.18. The molecular formula is C19H29NO7. The largest absolute Gasteiger partial charge is 0.457 e. The molecule has 0 aliphatic heterocycles. The first kappa shape index (κ1) is 22.9. The molecule has 8 nitrogen and oxygen atoms in total. The average Bonchev–Trinajstić information content (AvgIpc) is 2.45. The predicted molar refractivity (Wildman–Crippen MR) is 98.4 cm³/mol. The lowest BCUT2D eigenvalue weighted by Gasteiger charge is -2.25. The number of rotatable bonds is 6. The van der Waals surface area contributed by atoms with Gasteiger partial charge in [0.1, 0.15) is 11.2 Å². The number of aliphatic hydroxyl groups excluding tert-OH is 1. The first-order valence-electron chi connectivity index (χ1n) is 8.65. The standard InChI is InChI=1S/C19H29NO7/c1-12-8-9-13(17(24)25-11-15(22)27-19(5,6)7)16(23)20(12)10-14(21)26-18(2,3)4/h8-9,14,21H,10-11H2,1-7H3. The van der Waals surface area contributed by atoms with Crippen LogP contribution in [-0.2, 0) is 25.5 Å². The third-order valence-electron chi connectivity index (χ3n) is 3.18. The van der Waals surface area contributed by atoms with Gasteiger partial charge in [-0.1, -0.05) is 0 Å². The number of carbonyl (C=O) groups excluding carboxylic acids is 2. The Morgan fingerprint density at radius 1 is 1.11 bits per heavy atom. The number of pyridine rings is 1. The predicted octanol–water partition coefficient (Wildman–Crippen LogP) is 1.79. The van der Waals surface area contributed by atoms with E-state index < -0.39 is 41.6 Å². The molecule has 27 heavy (non-hydrogen) atoms. The van der Waals surface area contributed by atoms with E-state index in [-0.39, 0.29) is 12.1 Å². The van der Waals surface area contributed by atoms with Crippen LogP contribution in [0.1, 0.15) is 57.6 Å². The second-order valence-electron chi connectivity index (χ2n) is 8.15. The van der Waals surface area contributed by atoms with Crippen molar-refractivity contribution in [2.75, 3.05) is 6.61 Å². The van der Waals surface area contributed by atoms with Gasteiger partial charge in [0.05, 0.1) is 12.1 Å². The van der Waals surface area contributed by atoms with Gasteiger partial charge in [-0.25, -0.2) is 9.59 Å². The van der Waals surface area contributed by atoms with E-state index in [9.17, 15) is 19.5 Å². The molecule has 0 aromatic carbocycles. The van der Waals surface area contributed by atoms with Crippen LogP contribution in [0.4, 0.5) is 0 Å². The van der Waals surface area contributed by atoms with E-state index in [2.05, 4.69) is 0 Å². The van der Waals surface area contributed by atoms with Crippen LogP contribution < -0.4 is 5.56 Å². The molecule has 1 aromatic rings. The molecule has 1 atom stereocenters. The van der Waals surface area contributed by atoms with Gasteiger partial charge < -0.3 is 23.9 Å². The first-order valence-corrected chi connectivity index (χ1v) is 8.65. The fourth-order valence-corrected chi connectivity index (χ4v) is 2.23. The van der Waals surface area contributed by atoms with Gasteiger partial charge in [0, 0.05) is 5.69 Å². The maximum Gasteiger partial charge on any atom is 0.344 e. The minimum Gasteiger partial charge on any atom is -0.457 e. The smallest absolute Gasteiger partial charge is 0.344 e. The summed E-state index contributed by atoms with van der Waals surface area (Å²) in [5, 5.41) is 10.0. The molecule has 1 unspecified atom stereocenters. The van der Waals surface area contributed by atoms with Crippen molar-refractivity contribution in [3.05, 3.63) is 33.7 Å². The molecule has 0 spiro atoms. The van der Waals surface area contributed by atoms with Crippen LogP contribution in [0.5, 0.6) is 0 Å². The molecule has 0 aliphatic rings. The van der Waals surface area contributed by atoms with Crippen molar-refractivity contribution in [3.8, 4) is 0 Å². The van der Waals surface area contributed by atoms with E-state index in [1.54, 1.807) is 54.5 Å². The van der Waals surface area contributed by atoms with Gasteiger partial charge in [-0.3, -0.25) is 4.79 Å². The van der Waals surface area contributed by atoms with E-state index in [0.717, 1.165) is 0 Å². The van der Waals surface area contributed by atoms with Gasteiger partial charge in [0.25, 0.3) is 5.56 Å². The topological polar surface area (TPSA) is 104 Å². The van der Waals surface area contributed by atoms with E-state index in [4.69, 9.17) is 14.2 Å². The lowest BCUT2D eigenvalue weighted by atomic mass is 10.2. The van der Waals surface area contributed by atoms with E-state index in [1.807, 2.05) is 0 Å². The van der Waals surface area contributed by atoms with Gasteiger partial charge in [0.2, 0.25) is 0 Å². The molecule has 1 heterocycles. The fourth-order valence-electron chi connectivity index (χ4n) is 2.23. The molecule has 0 saturated heterocycles. The van der Waals surface area contributed by atoms with Crippen LogP contribution >= 0.6 is 0 Å². The molecule has 0 radical (unpaired) electrons. The molecule has 8 heteroatoms. The Hall–Kier alpha value is -2.19. The highest BCUT2D eigenvalue weighted by Gasteiger charge is 2.22. The minimum atomic E-state index is -1.23. The zero-order chi connectivity index (χ0) is 21.0. The molecule has 1 rings (SSSR count). The van der Waals surface area contributed by atoms with Crippen LogP contribution in [0.2, 0.25) is 0 Å². The summed E-state index contributed by atoms with van der Waals surface area (Å²) in [7, 11) is 0. The molecule has 0 amide bonds. The Bertz CT molecular complexity index is 738. The van der Waals surface area contributed by atoms with Crippen molar-refractivity contribution in [2.24, 2.45) is 0 Å². The highest BCUT2D eigenvalue weighted by Crippen LogP contribution is 2.11.